The van der Waals surface area contributed by atoms with Crippen molar-refractivity contribution in [1.29, 1.82) is 0 Å². The molecule has 0 spiro atoms. The maximum atomic E-state index is 6.38. The van der Waals surface area contributed by atoms with Crippen molar-refractivity contribution < 1.29 is 0 Å². The second-order valence-electron chi connectivity index (χ2n) is 8.26. The van der Waals surface area contributed by atoms with Crippen molar-refractivity contribution in [2.75, 3.05) is 11.5 Å². The maximum absolute atomic E-state index is 6.38. The first-order chi connectivity index (χ1) is 16.2. The third-order valence-corrected chi connectivity index (χ3v) is 6.11. The zero-order valence-electron chi connectivity index (χ0n) is 18.3. The molecule has 4 heteroatoms. The number of benzene rings is 4. The largest absolute Gasteiger partial charge is 0.398 e. The summed E-state index contributed by atoms with van der Waals surface area (Å²) in [5.74, 6) is 0.108. The zero-order chi connectivity index (χ0) is 22.6. The lowest BCUT2D eigenvalue weighted by atomic mass is 9.84. The Bertz CT molecular complexity index is 1250. The summed E-state index contributed by atoms with van der Waals surface area (Å²) in [4.78, 5) is 7.49. The van der Waals surface area contributed by atoms with Crippen molar-refractivity contribution in [2.24, 2.45) is 0 Å². The van der Waals surface area contributed by atoms with Gasteiger partial charge in [-0.3, -0.25) is 0 Å². The van der Waals surface area contributed by atoms with Gasteiger partial charge in [0.05, 0.1) is 6.33 Å². The predicted molar refractivity (Wildman–Crippen MR) is 137 cm³/mol. The molecule has 4 nitrogen and oxygen atoms in total. The average molecular weight is 431 g/mol. The second-order valence-corrected chi connectivity index (χ2v) is 8.26. The highest BCUT2D eigenvalue weighted by atomic mass is 14.9. The minimum atomic E-state index is 0.108. The summed E-state index contributed by atoms with van der Waals surface area (Å²) in [5.41, 5.74) is 22.1. The summed E-state index contributed by atoms with van der Waals surface area (Å²) in [6.45, 7) is 0. The van der Waals surface area contributed by atoms with Gasteiger partial charge in [-0.15, -0.1) is 0 Å². The molecular formula is C29H26N4. The molecule has 0 saturated heterocycles. The first kappa shape index (κ1) is 20.6. The topological polar surface area (TPSA) is 80.7 Å². The van der Waals surface area contributed by atoms with Crippen LogP contribution in [0.1, 0.15) is 22.7 Å². The molecule has 33 heavy (non-hydrogen) atoms. The van der Waals surface area contributed by atoms with E-state index in [9.17, 15) is 0 Å². The molecule has 5 N–H and O–H groups in total. The van der Waals surface area contributed by atoms with Gasteiger partial charge in [-0.1, -0.05) is 72.8 Å². The van der Waals surface area contributed by atoms with E-state index in [4.69, 9.17) is 11.5 Å². The molecule has 0 aliphatic carbocycles. The lowest BCUT2D eigenvalue weighted by Crippen LogP contribution is -2.07. The molecule has 0 amide bonds. The molecule has 4 aromatic carbocycles. The molecular weight excluding hydrogens is 404 g/mol. The zero-order valence-corrected chi connectivity index (χ0v) is 18.3. The summed E-state index contributed by atoms with van der Waals surface area (Å²) in [6.07, 6.45) is 4.40. The highest BCUT2D eigenvalue weighted by Crippen LogP contribution is 2.37. The van der Waals surface area contributed by atoms with Crippen LogP contribution in [0.2, 0.25) is 0 Å². The minimum Gasteiger partial charge on any atom is -0.398 e. The Morgan fingerprint density at radius 2 is 1.18 bits per heavy atom. The van der Waals surface area contributed by atoms with Crippen LogP contribution in [0.5, 0.6) is 0 Å². The predicted octanol–water partition coefficient (Wildman–Crippen LogP) is 6.28. The number of H-pyrrole nitrogens is 1. The van der Waals surface area contributed by atoms with Crippen LogP contribution in [0.15, 0.2) is 110 Å². The van der Waals surface area contributed by atoms with Gasteiger partial charge < -0.3 is 16.5 Å². The Balaban J connectivity index is 1.63. The molecule has 1 heterocycles. The van der Waals surface area contributed by atoms with E-state index in [0.717, 1.165) is 45.7 Å². The van der Waals surface area contributed by atoms with Gasteiger partial charge in [0.1, 0.15) is 0 Å². The lowest BCUT2D eigenvalue weighted by molar-refractivity contribution is 0.788. The van der Waals surface area contributed by atoms with Gasteiger partial charge in [-0.25, -0.2) is 4.98 Å². The molecule has 0 saturated carbocycles. The number of nitrogens with zero attached hydrogens (tertiary/aromatic N) is 1. The normalized spacial score (nSPS) is 11.1. The number of imidazole rings is 1. The summed E-state index contributed by atoms with van der Waals surface area (Å²) in [5, 5.41) is 0. The number of nitrogen functional groups attached to an aromatic ring is 2. The van der Waals surface area contributed by atoms with Gasteiger partial charge in [0, 0.05) is 40.3 Å². The van der Waals surface area contributed by atoms with E-state index in [1.54, 1.807) is 6.33 Å². The van der Waals surface area contributed by atoms with Crippen LogP contribution < -0.4 is 11.5 Å². The van der Waals surface area contributed by atoms with Crippen molar-refractivity contribution in [3.05, 3.63) is 126 Å². The SMILES string of the molecule is Nc1ccc(C(Cc2cnc[nH]2)c2ccc(N)c(-c3ccccc3)c2)cc1-c1ccccc1. The van der Waals surface area contributed by atoms with Gasteiger partial charge >= 0.3 is 0 Å². The summed E-state index contributed by atoms with van der Waals surface area (Å²) in [6, 6.07) is 33.3. The fourth-order valence-electron chi connectivity index (χ4n) is 4.36. The monoisotopic (exact) mass is 430 g/mol. The summed E-state index contributed by atoms with van der Waals surface area (Å²) < 4.78 is 0. The molecule has 1 aromatic heterocycles. The second kappa shape index (κ2) is 9.05. The quantitative estimate of drug-likeness (QED) is 0.277. The Kier molecular flexibility index (Phi) is 5.64. The Labute approximate surface area is 193 Å². The number of aromatic amines is 1. The highest BCUT2D eigenvalue weighted by molar-refractivity contribution is 5.79. The van der Waals surface area contributed by atoms with Gasteiger partial charge in [0.15, 0.2) is 0 Å². The summed E-state index contributed by atoms with van der Waals surface area (Å²) in [7, 11) is 0. The van der Waals surface area contributed by atoms with E-state index in [-0.39, 0.29) is 5.92 Å². The lowest BCUT2D eigenvalue weighted by Gasteiger charge is -2.21. The van der Waals surface area contributed by atoms with Gasteiger partial charge in [0.25, 0.3) is 0 Å². The smallest absolute Gasteiger partial charge is 0.0921 e. The third kappa shape index (κ3) is 4.37. The number of anilines is 2. The Morgan fingerprint density at radius 3 is 1.64 bits per heavy atom. The van der Waals surface area contributed by atoms with Crippen LogP contribution in [0.4, 0.5) is 11.4 Å². The fraction of sp³-hybridized carbons (Fsp3) is 0.0690. The minimum absolute atomic E-state index is 0.108. The van der Waals surface area contributed by atoms with E-state index in [1.165, 1.54) is 11.1 Å². The number of hydrogen-bond acceptors (Lipinski definition) is 3. The molecule has 0 fully saturated rings. The molecule has 0 atom stereocenters. The van der Waals surface area contributed by atoms with Crippen LogP contribution in [0.3, 0.4) is 0 Å². The van der Waals surface area contributed by atoms with E-state index in [1.807, 2.05) is 54.7 Å². The van der Waals surface area contributed by atoms with Crippen molar-refractivity contribution >= 4 is 11.4 Å². The molecule has 162 valence electrons. The number of nitrogens with one attached hydrogen (secondary N) is 1. The van der Waals surface area contributed by atoms with Gasteiger partial charge in [0.2, 0.25) is 0 Å². The third-order valence-electron chi connectivity index (χ3n) is 6.11. The number of hydrogen-bond donors (Lipinski definition) is 3. The maximum Gasteiger partial charge on any atom is 0.0921 e. The Morgan fingerprint density at radius 1 is 0.667 bits per heavy atom. The van der Waals surface area contributed by atoms with Crippen LogP contribution >= 0.6 is 0 Å². The molecule has 5 aromatic rings. The fourth-order valence-corrected chi connectivity index (χ4v) is 4.36. The van der Waals surface area contributed by atoms with E-state index in [2.05, 4.69) is 58.5 Å². The number of nitrogens with two attached hydrogens (primary N) is 2. The number of rotatable bonds is 6. The first-order valence-electron chi connectivity index (χ1n) is 11.1. The van der Waals surface area contributed by atoms with Crippen molar-refractivity contribution in [1.82, 2.24) is 9.97 Å². The van der Waals surface area contributed by atoms with Crippen LogP contribution in [0.25, 0.3) is 22.3 Å². The highest BCUT2D eigenvalue weighted by Gasteiger charge is 2.19. The average Bonchev–Trinajstić information content (AvgIpc) is 3.38. The molecule has 0 radical (unpaired) electrons. The van der Waals surface area contributed by atoms with Crippen LogP contribution in [0, 0.1) is 0 Å². The van der Waals surface area contributed by atoms with Crippen molar-refractivity contribution in [3.63, 3.8) is 0 Å². The van der Waals surface area contributed by atoms with Gasteiger partial charge in [-0.05, 0) is 52.9 Å². The number of aromatic nitrogens is 2. The van der Waals surface area contributed by atoms with Gasteiger partial charge in [-0.2, -0.15) is 0 Å². The van der Waals surface area contributed by atoms with E-state index < -0.39 is 0 Å². The van der Waals surface area contributed by atoms with Crippen LogP contribution in [-0.4, -0.2) is 9.97 Å². The Hall–Kier alpha value is -4.31. The standard InChI is InChI=1S/C29H26N4/c30-28-13-11-22(15-26(28)20-7-3-1-4-8-20)25(17-24-18-32-19-33-24)23-12-14-29(31)27(16-23)21-9-5-2-6-10-21/h1-16,18-19,25H,17,30-31H2,(H,32,33). The van der Waals surface area contributed by atoms with Crippen molar-refractivity contribution in [3.8, 4) is 22.3 Å². The summed E-state index contributed by atoms with van der Waals surface area (Å²) >= 11 is 0. The first-order valence-corrected chi connectivity index (χ1v) is 11.1. The molecule has 0 aliphatic rings. The molecule has 5 rings (SSSR count). The van der Waals surface area contributed by atoms with E-state index in [0.29, 0.717) is 0 Å². The van der Waals surface area contributed by atoms with E-state index >= 15 is 0 Å². The molecule has 0 bridgehead atoms. The van der Waals surface area contributed by atoms with Crippen LogP contribution in [-0.2, 0) is 6.42 Å². The molecule has 0 unspecified atom stereocenters. The van der Waals surface area contributed by atoms with Crippen molar-refractivity contribution in [2.45, 2.75) is 12.3 Å². The molecule has 0 aliphatic heterocycles.